The fraction of sp³-hybridized carbons (Fsp3) is 0.444. The third kappa shape index (κ3) is 2.17. The van der Waals surface area contributed by atoms with Gasteiger partial charge in [-0.1, -0.05) is 12.5 Å². The molecule has 2 aliphatic rings. The summed E-state index contributed by atoms with van der Waals surface area (Å²) in [6.07, 6.45) is 4.49. The maximum Gasteiger partial charge on any atom is 0.321 e. The summed E-state index contributed by atoms with van der Waals surface area (Å²) < 4.78 is 2.00. The van der Waals surface area contributed by atoms with Crippen molar-refractivity contribution in [3.05, 3.63) is 30.5 Å². The zero-order chi connectivity index (χ0) is 16.9. The molecule has 2 amide bonds. The normalized spacial score (nSPS) is 25.9. The van der Waals surface area contributed by atoms with Gasteiger partial charge in [0.2, 0.25) is 0 Å². The van der Waals surface area contributed by atoms with Crippen LogP contribution in [0.5, 0.6) is 0 Å². The van der Waals surface area contributed by atoms with Gasteiger partial charge in [-0.25, -0.2) is 4.79 Å². The Labute approximate surface area is 140 Å². The molecule has 1 saturated heterocycles. The average Bonchev–Trinajstić information content (AvgIpc) is 3.20. The van der Waals surface area contributed by atoms with Gasteiger partial charge in [-0.2, -0.15) is 0 Å². The van der Waals surface area contributed by atoms with Crippen LogP contribution in [-0.2, 0) is 11.8 Å². The molecular weight excluding hydrogens is 306 g/mol. The van der Waals surface area contributed by atoms with E-state index in [1.807, 2.05) is 42.1 Å². The largest absolute Gasteiger partial charge is 0.481 e. The first-order chi connectivity index (χ1) is 11.5. The summed E-state index contributed by atoms with van der Waals surface area (Å²) in [5.41, 5.74) is 1.04. The fourth-order valence-electron chi connectivity index (χ4n) is 4.34. The lowest BCUT2D eigenvalue weighted by atomic mass is 9.81. The summed E-state index contributed by atoms with van der Waals surface area (Å²) >= 11 is 0. The van der Waals surface area contributed by atoms with E-state index in [1.165, 1.54) is 0 Å². The molecule has 1 aromatic heterocycles. The Kier molecular flexibility index (Phi) is 3.30. The second-order valence-electron chi connectivity index (χ2n) is 7.06. The number of nitrogens with zero attached hydrogens (tertiary/aromatic N) is 2. The summed E-state index contributed by atoms with van der Waals surface area (Å²) in [6, 6.07) is 7.61. The number of aliphatic carboxylic acids is 1. The zero-order valence-corrected chi connectivity index (χ0v) is 13.7. The lowest BCUT2D eigenvalue weighted by Crippen LogP contribution is -2.38. The van der Waals surface area contributed by atoms with Crippen molar-refractivity contribution in [2.75, 3.05) is 18.4 Å². The number of likely N-dealkylation sites (tertiary alicyclic amines) is 1. The van der Waals surface area contributed by atoms with E-state index >= 15 is 0 Å². The number of anilines is 1. The van der Waals surface area contributed by atoms with Crippen LogP contribution >= 0.6 is 0 Å². The molecule has 0 radical (unpaired) electrons. The Bertz CT molecular complexity index is 828. The highest BCUT2D eigenvalue weighted by Gasteiger charge is 2.55. The van der Waals surface area contributed by atoms with Gasteiger partial charge in [0.25, 0.3) is 0 Å². The summed E-state index contributed by atoms with van der Waals surface area (Å²) in [6.45, 7) is 0.843. The van der Waals surface area contributed by atoms with Gasteiger partial charge in [-0.3, -0.25) is 4.79 Å². The number of hydrogen-bond donors (Lipinski definition) is 2. The number of nitrogens with one attached hydrogen (secondary N) is 1. The fourth-order valence-corrected chi connectivity index (χ4v) is 4.34. The highest BCUT2D eigenvalue weighted by molar-refractivity contribution is 5.93. The molecule has 1 aliphatic carbocycles. The quantitative estimate of drug-likeness (QED) is 0.890. The first-order valence-electron chi connectivity index (χ1n) is 8.34. The third-order valence-electron chi connectivity index (χ3n) is 5.72. The number of rotatable bonds is 2. The van der Waals surface area contributed by atoms with Gasteiger partial charge in [0.05, 0.1) is 5.41 Å². The molecular formula is C18H21N3O3. The number of carbonyl (C=O) groups is 2. The molecule has 2 atom stereocenters. The second-order valence-corrected chi connectivity index (χ2v) is 7.06. The number of amides is 2. The third-order valence-corrected chi connectivity index (χ3v) is 5.72. The van der Waals surface area contributed by atoms with Gasteiger partial charge in [0.15, 0.2) is 0 Å². The predicted molar refractivity (Wildman–Crippen MR) is 90.9 cm³/mol. The van der Waals surface area contributed by atoms with Crippen molar-refractivity contribution in [2.45, 2.75) is 19.3 Å². The number of carbonyl (C=O) groups excluding carboxylic acids is 1. The average molecular weight is 327 g/mol. The van der Waals surface area contributed by atoms with E-state index in [-0.39, 0.29) is 11.9 Å². The molecule has 0 unspecified atom stereocenters. The van der Waals surface area contributed by atoms with E-state index in [2.05, 4.69) is 5.32 Å². The molecule has 2 fully saturated rings. The molecule has 1 aromatic carbocycles. The molecule has 24 heavy (non-hydrogen) atoms. The summed E-state index contributed by atoms with van der Waals surface area (Å²) in [5, 5.41) is 13.7. The van der Waals surface area contributed by atoms with Crippen LogP contribution in [0.4, 0.5) is 10.5 Å². The van der Waals surface area contributed by atoms with Gasteiger partial charge in [-0.05, 0) is 42.3 Å². The van der Waals surface area contributed by atoms with E-state index < -0.39 is 11.4 Å². The van der Waals surface area contributed by atoms with Crippen LogP contribution in [-0.4, -0.2) is 39.7 Å². The van der Waals surface area contributed by atoms with Crippen molar-refractivity contribution in [3.63, 3.8) is 0 Å². The Morgan fingerprint density at radius 3 is 2.92 bits per heavy atom. The standard InChI is InChI=1S/C18H21N3O3/c1-20-8-6-12-4-5-14(9-15(12)20)19-17(24)21-10-13-3-2-7-18(13,11-21)16(22)23/h4-6,8-9,13H,2-3,7,10-11H2,1H3,(H,19,24)(H,22,23)/t13-,18+/m0/s1. The highest BCUT2D eigenvalue weighted by Crippen LogP contribution is 2.48. The maximum absolute atomic E-state index is 12.6. The number of aromatic nitrogens is 1. The molecule has 2 heterocycles. The van der Waals surface area contributed by atoms with E-state index in [1.54, 1.807) is 4.90 Å². The van der Waals surface area contributed by atoms with Gasteiger partial charge in [0, 0.05) is 37.5 Å². The van der Waals surface area contributed by atoms with Crippen molar-refractivity contribution >= 4 is 28.6 Å². The van der Waals surface area contributed by atoms with Crippen molar-refractivity contribution in [3.8, 4) is 0 Å². The second kappa shape index (κ2) is 5.26. The van der Waals surface area contributed by atoms with Crippen molar-refractivity contribution in [1.82, 2.24) is 9.47 Å². The van der Waals surface area contributed by atoms with Crippen molar-refractivity contribution in [1.29, 1.82) is 0 Å². The Morgan fingerprint density at radius 2 is 2.17 bits per heavy atom. The van der Waals surface area contributed by atoms with E-state index in [0.717, 1.165) is 29.4 Å². The van der Waals surface area contributed by atoms with Crippen LogP contribution in [0.2, 0.25) is 0 Å². The number of carboxylic acids is 1. The molecule has 4 rings (SSSR count). The summed E-state index contributed by atoms with van der Waals surface area (Å²) in [5.74, 6) is -0.679. The summed E-state index contributed by atoms with van der Waals surface area (Å²) in [7, 11) is 1.96. The first-order valence-corrected chi connectivity index (χ1v) is 8.34. The Balaban J connectivity index is 1.52. The van der Waals surface area contributed by atoms with Gasteiger partial charge < -0.3 is 19.9 Å². The smallest absolute Gasteiger partial charge is 0.321 e. The van der Waals surface area contributed by atoms with Crippen LogP contribution in [0.15, 0.2) is 30.5 Å². The highest BCUT2D eigenvalue weighted by atomic mass is 16.4. The van der Waals surface area contributed by atoms with Gasteiger partial charge >= 0.3 is 12.0 Å². The number of carboxylic acid groups (broad SMARTS) is 1. The van der Waals surface area contributed by atoms with E-state index in [9.17, 15) is 14.7 Å². The van der Waals surface area contributed by atoms with Crippen LogP contribution in [0.3, 0.4) is 0 Å². The van der Waals surface area contributed by atoms with E-state index in [4.69, 9.17) is 0 Å². The van der Waals surface area contributed by atoms with Crippen molar-refractivity contribution in [2.24, 2.45) is 18.4 Å². The van der Waals surface area contributed by atoms with Crippen LogP contribution in [0, 0.1) is 11.3 Å². The molecule has 1 saturated carbocycles. The molecule has 6 nitrogen and oxygen atoms in total. The van der Waals surface area contributed by atoms with Crippen molar-refractivity contribution < 1.29 is 14.7 Å². The Hall–Kier alpha value is -2.50. The topological polar surface area (TPSA) is 74.6 Å². The molecule has 1 aliphatic heterocycles. The lowest BCUT2D eigenvalue weighted by Gasteiger charge is -2.23. The Morgan fingerprint density at radius 1 is 1.33 bits per heavy atom. The predicted octanol–water partition coefficient (Wildman–Crippen LogP) is 2.90. The minimum Gasteiger partial charge on any atom is -0.481 e. The van der Waals surface area contributed by atoms with E-state index in [0.29, 0.717) is 19.5 Å². The number of benzene rings is 1. The number of fused-ring (bicyclic) bond motifs is 2. The first kappa shape index (κ1) is 15.1. The summed E-state index contributed by atoms with van der Waals surface area (Å²) in [4.78, 5) is 26.0. The SMILES string of the molecule is Cn1ccc2ccc(NC(=O)N3C[C@@H]4CCC[C@@]4(C(=O)O)C3)cc21. The molecule has 2 aromatic rings. The van der Waals surface area contributed by atoms with Gasteiger partial charge in [0.1, 0.15) is 0 Å². The van der Waals surface area contributed by atoms with Crippen LogP contribution < -0.4 is 5.32 Å². The molecule has 0 spiro atoms. The van der Waals surface area contributed by atoms with Crippen LogP contribution in [0.1, 0.15) is 19.3 Å². The molecule has 0 bridgehead atoms. The maximum atomic E-state index is 12.6. The number of urea groups is 1. The lowest BCUT2D eigenvalue weighted by molar-refractivity contribution is -0.149. The zero-order valence-electron chi connectivity index (χ0n) is 13.7. The van der Waals surface area contributed by atoms with Gasteiger partial charge in [-0.15, -0.1) is 0 Å². The molecule has 6 heteroatoms. The number of hydrogen-bond acceptors (Lipinski definition) is 2. The minimum absolute atomic E-state index is 0.0797. The van der Waals surface area contributed by atoms with Crippen LogP contribution in [0.25, 0.3) is 10.9 Å². The monoisotopic (exact) mass is 327 g/mol. The molecule has 2 N–H and O–H groups in total. The minimum atomic E-state index is -0.759. The number of aryl methyl sites for hydroxylation is 1. The molecule has 126 valence electrons.